The zero-order valence-corrected chi connectivity index (χ0v) is 9.69. The molecule has 0 heterocycles. The molecule has 0 atom stereocenters. The molecule has 0 bridgehead atoms. The summed E-state index contributed by atoms with van der Waals surface area (Å²) >= 11 is 0. The van der Waals surface area contributed by atoms with Gasteiger partial charge in [-0.05, 0) is 25.1 Å². The molecule has 4 nitrogen and oxygen atoms in total. The molecule has 0 aromatic heterocycles. The van der Waals surface area contributed by atoms with E-state index in [0.717, 1.165) is 5.56 Å². The first kappa shape index (κ1) is 13.1. The Balaban J connectivity index is 2.66. The van der Waals surface area contributed by atoms with Gasteiger partial charge in [-0.3, -0.25) is 5.32 Å². The standard InChI is InChI=1S/C13H15NO3/c1-2-17-13(16)14-12-8-5-7-11(10-12)6-3-4-9-15/h5,7-8,10,15H,2,4,9H2,1H3,(H,14,16). The third kappa shape index (κ3) is 5.05. The Kier molecular flexibility index (Phi) is 5.62. The molecule has 0 aliphatic heterocycles. The van der Waals surface area contributed by atoms with Crippen molar-refractivity contribution < 1.29 is 14.6 Å². The van der Waals surface area contributed by atoms with E-state index < -0.39 is 6.09 Å². The lowest BCUT2D eigenvalue weighted by atomic mass is 10.2. The zero-order valence-electron chi connectivity index (χ0n) is 9.69. The second kappa shape index (κ2) is 7.31. The summed E-state index contributed by atoms with van der Waals surface area (Å²) in [5.41, 5.74) is 1.42. The Morgan fingerprint density at radius 1 is 1.53 bits per heavy atom. The van der Waals surface area contributed by atoms with Gasteiger partial charge in [-0.15, -0.1) is 0 Å². The molecule has 0 aliphatic rings. The lowest BCUT2D eigenvalue weighted by Gasteiger charge is -2.04. The molecule has 0 fully saturated rings. The van der Waals surface area contributed by atoms with E-state index >= 15 is 0 Å². The van der Waals surface area contributed by atoms with Crippen molar-refractivity contribution in [3.8, 4) is 11.8 Å². The van der Waals surface area contributed by atoms with Crippen LogP contribution in [0.3, 0.4) is 0 Å². The average molecular weight is 233 g/mol. The summed E-state index contributed by atoms with van der Waals surface area (Å²) in [5.74, 6) is 5.70. The van der Waals surface area contributed by atoms with Gasteiger partial charge >= 0.3 is 6.09 Å². The molecule has 0 spiro atoms. The number of hydrogen-bond donors (Lipinski definition) is 2. The number of ether oxygens (including phenoxy) is 1. The second-order valence-corrected chi connectivity index (χ2v) is 3.20. The molecular formula is C13H15NO3. The zero-order chi connectivity index (χ0) is 12.5. The van der Waals surface area contributed by atoms with Crippen LogP contribution >= 0.6 is 0 Å². The van der Waals surface area contributed by atoms with Crippen molar-refractivity contribution in [1.82, 2.24) is 0 Å². The van der Waals surface area contributed by atoms with Crippen LogP contribution in [0.5, 0.6) is 0 Å². The highest BCUT2D eigenvalue weighted by Gasteiger charge is 2.01. The topological polar surface area (TPSA) is 58.6 Å². The quantitative estimate of drug-likeness (QED) is 0.785. The fourth-order valence-corrected chi connectivity index (χ4v) is 1.18. The van der Waals surface area contributed by atoms with Gasteiger partial charge in [-0.1, -0.05) is 17.9 Å². The van der Waals surface area contributed by atoms with E-state index in [4.69, 9.17) is 9.84 Å². The molecule has 1 rings (SSSR count). The molecule has 1 aromatic rings. The Hall–Kier alpha value is -1.99. The molecule has 0 aliphatic carbocycles. The minimum absolute atomic E-state index is 0.0494. The maximum absolute atomic E-state index is 11.2. The van der Waals surface area contributed by atoms with Crippen LogP contribution in [-0.2, 0) is 4.74 Å². The number of amides is 1. The van der Waals surface area contributed by atoms with Crippen LogP contribution in [0.2, 0.25) is 0 Å². The lowest BCUT2D eigenvalue weighted by Crippen LogP contribution is -2.13. The van der Waals surface area contributed by atoms with Crippen LogP contribution in [0.1, 0.15) is 18.9 Å². The largest absolute Gasteiger partial charge is 0.450 e. The number of nitrogens with one attached hydrogen (secondary N) is 1. The molecule has 1 aromatic carbocycles. The van der Waals surface area contributed by atoms with E-state index in [1.807, 2.05) is 6.07 Å². The highest BCUT2D eigenvalue weighted by Crippen LogP contribution is 2.10. The minimum atomic E-state index is -0.479. The van der Waals surface area contributed by atoms with Crippen LogP contribution in [0.25, 0.3) is 0 Å². The van der Waals surface area contributed by atoms with Crippen molar-refractivity contribution in [2.24, 2.45) is 0 Å². The molecule has 17 heavy (non-hydrogen) atoms. The van der Waals surface area contributed by atoms with E-state index in [9.17, 15) is 4.79 Å². The number of benzene rings is 1. The number of rotatable bonds is 3. The van der Waals surface area contributed by atoms with Crippen molar-refractivity contribution in [2.45, 2.75) is 13.3 Å². The Morgan fingerprint density at radius 2 is 2.35 bits per heavy atom. The van der Waals surface area contributed by atoms with Gasteiger partial charge in [-0.25, -0.2) is 4.79 Å². The summed E-state index contributed by atoms with van der Waals surface area (Å²) in [4.78, 5) is 11.2. The van der Waals surface area contributed by atoms with Crippen LogP contribution in [0.15, 0.2) is 24.3 Å². The highest BCUT2D eigenvalue weighted by molar-refractivity contribution is 5.84. The molecule has 0 unspecified atom stereocenters. The third-order valence-electron chi connectivity index (χ3n) is 1.85. The van der Waals surface area contributed by atoms with Gasteiger partial charge in [0.15, 0.2) is 0 Å². The van der Waals surface area contributed by atoms with Gasteiger partial charge in [0.2, 0.25) is 0 Å². The van der Waals surface area contributed by atoms with Gasteiger partial charge in [0.25, 0.3) is 0 Å². The summed E-state index contributed by atoms with van der Waals surface area (Å²) in [7, 11) is 0. The molecule has 90 valence electrons. The molecule has 2 N–H and O–H groups in total. The monoisotopic (exact) mass is 233 g/mol. The summed E-state index contributed by atoms with van der Waals surface area (Å²) < 4.78 is 4.77. The number of carbonyl (C=O) groups excluding carboxylic acids is 1. The Labute approximate surface area is 101 Å². The van der Waals surface area contributed by atoms with Gasteiger partial charge in [0.1, 0.15) is 0 Å². The van der Waals surface area contributed by atoms with Gasteiger partial charge in [0, 0.05) is 17.7 Å². The van der Waals surface area contributed by atoms with E-state index in [1.165, 1.54) is 0 Å². The lowest BCUT2D eigenvalue weighted by molar-refractivity contribution is 0.168. The minimum Gasteiger partial charge on any atom is -0.450 e. The first-order valence-corrected chi connectivity index (χ1v) is 5.40. The first-order chi connectivity index (χ1) is 8.26. The molecule has 0 radical (unpaired) electrons. The first-order valence-electron chi connectivity index (χ1n) is 5.40. The van der Waals surface area contributed by atoms with Crippen molar-refractivity contribution in [3.05, 3.63) is 29.8 Å². The highest BCUT2D eigenvalue weighted by atomic mass is 16.5. The fourth-order valence-electron chi connectivity index (χ4n) is 1.18. The van der Waals surface area contributed by atoms with Crippen LogP contribution in [0.4, 0.5) is 10.5 Å². The smallest absolute Gasteiger partial charge is 0.411 e. The van der Waals surface area contributed by atoms with Crippen LogP contribution in [-0.4, -0.2) is 24.4 Å². The Bertz CT molecular complexity index is 432. The molecule has 1 amide bonds. The van der Waals surface area contributed by atoms with Gasteiger partial charge < -0.3 is 9.84 Å². The molecule has 0 saturated carbocycles. The predicted octanol–water partition coefficient (Wildman–Crippen LogP) is 1.99. The number of aliphatic hydroxyl groups excluding tert-OH is 1. The summed E-state index contributed by atoms with van der Waals surface area (Å²) in [5, 5.41) is 11.2. The predicted molar refractivity (Wildman–Crippen MR) is 65.7 cm³/mol. The van der Waals surface area contributed by atoms with Gasteiger partial charge in [0.05, 0.1) is 13.2 Å². The summed E-state index contributed by atoms with van der Waals surface area (Å²) in [6.45, 7) is 2.13. The van der Waals surface area contributed by atoms with Crippen LogP contribution < -0.4 is 5.32 Å². The van der Waals surface area contributed by atoms with Crippen molar-refractivity contribution in [2.75, 3.05) is 18.5 Å². The summed E-state index contributed by atoms with van der Waals surface area (Å²) in [6.07, 6.45) is -0.0387. The molecular weight excluding hydrogens is 218 g/mol. The maximum Gasteiger partial charge on any atom is 0.411 e. The summed E-state index contributed by atoms with van der Waals surface area (Å²) in [6, 6.07) is 7.14. The number of aliphatic hydroxyl groups is 1. The van der Waals surface area contributed by atoms with E-state index in [0.29, 0.717) is 18.7 Å². The van der Waals surface area contributed by atoms with Crippen molar-refractivity contribution >= 4 is 11.8 Å². The number of hydrogen-bond acceptors (Lipinski definition) is 3. The van der Waals surface area contributed by atoms with E-state index in [1.54, 1.807) is 25.1 Å². The maximum atomic E-state index is 11.2. The molecule has 0 saturated heterocycles. The average Bonchev–Trinajstić information content (AvgIpc) is 2.30. The molecule has 4 heteroatoms. The third-order valence-corrected chi connectivity index (χ3v) is 1.85. The number of anilines is 1. The second-order valence-electron chi connectivity index (χ2n) is 3.20. The van der Waals surface area contributed by atoms with Crippen molar-refractivity contribution in [3.63, 3.8) is 0 Å². The van der Waals surface area contributed by atoms with Gasteiger partial charge in [-0.2, -0.15) is 0 Å². The number of carbonyl (C=O) groups is 1. The fraction of sp³-hybridized carbons (Fsp3) is 0.308. The normalized spacial score (nSPS) is 9.06. The Morgan fingerprint density at radius 3 is 3.06 bits per heavy atom. The van der Waals surface area contributed by atoms with E-state index in [-0.39, 0.29) is 6.61 Å². The van der Waals surface area contributed by atoms with E-state index in [2.05, 4.69) is 17.2 Å². The van der Waals surface area contributed by atoms with Crippen LogP contribution in [0, 0.1) is 11.8 Å². The van der Waals surface area contributed by atoms with Crippen molar-refractivity contribution in [1.29, 1.82) is 0 Å². The SMILES string of the molecule is CCOC(=O)Nc1cccc(C#CCCO)c1.